The summed E-state index contributed by atoms with van der Waals surface area (Å²) >= 11 is 0. The van der Waals surface area contributed by atoms with E-state index in [0.717, 1.165) is 29.7 Å². The molecule has 2 amide bonds. The molecule has 0 spiro atoms. The van der Waals surface area contributed by atoms with Crippen molar-refractivity contribution in [2.75, 3.05) is 10.6 Å². The van der Waals surface area contributed by atoms with Crippen molar-refractivity contribution in [3.05, 3.63) is 72.7 Å². The largest absolute Gasteiger partial charge is 0.324 e. The summed E-state index contributed by atoms with van der Waals surface area (Å²) in [5, 5.41) is 5.62. The van der Waals surface area contributed by atoms with Crippen LogP contribution in [-0.4, -0.2) is 16.0 Å². The summed E-state index contributed by atoms with van der Waals surface area (Å²) in [7, 11) is 0. The van der Waals surface area contributed by atoms with Crippen LogP contribution in [0, 0.1) is 0 Å². The molecule has 0 bridgehead atoms. The Balaban J connectivity index is 1.68. The molecular weight excluding hydrogens is 312 g/mol. The molecule has 0 aliphatic heterocycles. The molecule has 2 N–H and O–H groups in total. The van der Waals surface area contributed by atoms with Gasteiger partial charge in [0.05, 0.1) is 0 Å². The topological polar surface area (TPSA) is 66.9 Å². The van der Waals surface area contributed by atoms with Crippen molar-refractivity contribution in [3.63, 3.8) is 0 Å². The maximum atomic E-state index is 12.2. The fourth-order valence-electron chi connectivity index (χ4n) is 2.53. The highest BCUT2D eigenvalue weighted by atomic mass is 16.2. The molecule has 0 saturated heterocycles. The molecule has 2 aromatic heterocycles. The van der Waals surface area contributed by atoms with Gasteiger partial charge >= 0.3 is 6.03 Å². The highest BCUT2D eigenvalue weighted by molar-refractivity contribution is 5.99. The lowest BCUT2D eigenvalue weighted by atomic mass is 10.1. The number of benzene rings is 1. The first-order valence-corrected chi connectivity index (χ1v) is 8.29. The van der Waals surface area contributed by atoms with E-state index in [9.17, 15) is 4.79 Å². The summed E-state index contributed by atoms with van der Waals surface area (Å²) in [6.07, 6.45) is 5.44. The molecular formula is C20H20N4O. The summed E-state index contributed by atoms with van der Waals surface area (Å²) in [5.74, 6) is 0.548. The molecule has 0 saturated carbocycles. The summed E-state index contributed by atoms with van der Waals surface area (Å²) in [5.41, 5.74) is 3.68. The van der Waals surface area contributed by atoms with E-state index in [-0.39, 0.29) is 6.03 Å². The Bertz CT molecular complexity index is 849. The lowest BCUT2D eigenvalue weighted by molar-refractivity contribution is 0.262. The zero-order valence-corrected chi connectivity index (χ0v) is 14.1. The van der Waals surface area contributed by atoms with Gasteiger partial charge in [-0.1, -0.05) is 37.6 Å². The summed E-state index contributed by atoms with van der Waals surface area (Å²) < 4.78 is 0. The highest BCUT2D eigenvalue weighted by Gasteiger charge is 2.06. The molecule has 126 valence electrons. The normalized spacial score (nSPS) is 10.3. The van der Waals surface area contributed by atoms with E-state index in [1.54, 1.807) is 18.5 Å². The van der Waals surface area contributed by atoms with E-state index in [2.05, 4.69) is 27.5 Å². The van der Waals surface area contributed by atoms with Gasteiger partial charge in [-0.15, -0.1) is 0 Å². The zero-order chi connectivity index (χ0) is 17.5. The van der Waals surface area contributed by atoms with E-state index in [1.165, 1.54) is 0 Å². The minimum atomic E-state index is -0.315. The first-order valence-electron chi connectivity index (χ1n) is 8.29. The molecule has 0 unspecified atom stereocenters. The number of pyridine rings is 2. The first kappa shape index (κ1) is 16.6. The third-order valence-corrected chi connectivity index (χ3v) is 3.67. The van der Waals surface area contributed by atoms with Gasteiger partial charge in [-0.3, -0.25) is 10.3 Å². The van der Waals surface area contributed by atoms with Gasteiger partial charge in [0.15, 0.2) is 0 Å². The van der Waals surface area contributed by atoms with Crippen molar-refractivity contribution in [3.8, 4) is 11.1 Å². The predicted octanol–water partition coefficient (Wildman–Crippen LogP) is 4.74. The number of aromatic nitrogens is 2. The second-order valence-corrected chi connectivity index (χ2v) is 5.67. The fraction of sp³-hybridized carbons (Fsp3) is 0.150. The number of urea groups is 1. The molecule has 0 aliphatic rings. The van der Waals surface area contributed by atoms with Crippen LogP contribution < -0.4 is 10.6 Å². The van der Waals surface area contributed by atoms with Crippen LogP contribution in [0.2, 0.25) is 0 Å². The molecule has 25 heavy (non-hydrogen) atoms. The Labute approximate surface area is 147 Å². The number of nitrogens with one attached hydrogen (secondary N) is 2. The summed E-state index contributed by atoms with van der Waals surface area (Å²) in [6, 6.07) is 16.8. The van der Waals surface area contributed by atoms with Gasteiger partial charge in [-0.25, -0.2) is 9.78 Å². The van der Waals surface area contributed by atoms with E-state index >= 15 is 0 Å². The molecule has 3 aromatic rings. The fourth-order valence-corrected chi connectivity index (χ4v) is 2.53. The van der Waals surface area contributed by atoms with Gasteiger partial charge in [0.2, 0.25) is 0 Å². The Morgan fingerprint density at radius 3 is 2.64 bits per heavy atom. The van der Waals surface area contributed by atoms with Gasteiger partial charge in [0, 0.05) is 29.3 Å². The number of hydrogen-bond donors (Lipinski definition) is 2. The third-order valence-electron chi connectivity index (χ3n) is 3.67. The maximum Gasteiger partial charge on any atom is 0.324 e. The van der Waals surface area contributed by atoms with E-state index in [4.69, 9.17) is 0 Å². The van der Waals surface area contributed by atoms with E-state index < -0.39 is 0 Å². The Morgan fingerprint density at radius 2 is 1.84 bits per heavy atom. The molecule has 3 rings (SSSR count). The second-order valence-electron chi connectivity index (χ2n) is 5.67. The maximum absolute atomic E-state index is 12.2. The smallest absolute Gasteiger partial charge is 0.308 e. The van der Waals surface area contributed by atoms with Crippen LogP contribution in [0.5, 0.6) is 0 Å². The van der Waals surface area contributed by atoms with Crippen LogP contribution in [0.1, 0.15) is 19.0 Å². The lowest BCUT2D eigenvalue weighted by Gasteiger charge is -2.09. The second kappa shape index (κ2) is 8.06. The van der Waals surface area contributed by atoms with Crippen LogP contribution in [-0.2, 0) is 6.42 Å². The van der Waals surface area contributed by atoms with Crippen LogP contribution >= 0.6 is 0 Å². The minimum Gasteiger partial charge on any atom is -0.308 e. The quantitative estimate of drug-likeness (QED) is 0.709. The molecule has 0 atom stereocenters. The first-order chi connectivity index (χ1) is 12.2. The molecule has 0 radical (unpaired) electrons. The van der Waals surface area contributed by atoms with Crippen LogP contribution in [0.4, 0.5) is 16.3 Å². The average molecular weight is 332 g/mol. The van der Waals surface area contributed by atoms with Crippen LogP contribution in [0.15, 0.2) is 67.0 Å². The van der Waals surface area contributed by atoms with Crippen molar-refractivity contribution < 1.29 is 4.79 Å². The van der Waals surface area contributed by atoms with Crippen LogP contribution in [0.25, 0.3) is 11.1 Å². The van der Waals surface area contributed by atoms with Gasteiger partial charge in [0.25, 0.3) is 0 Å². The number of carbonyl (C=O) groups is 1. The van der Waals surface area contributed by atoms with Crippen molar-refractivity contribution in [1.29, 1.82) is 0 Å². The van der Waals surface area contributed by atoms with Gasteiger partial charge in [0.1, 0.15) is 5.82 Å². The number of hydrogen-bond acceptors (Lipinski definition) is 3. The van der Waals surface area contributed by atoms with E-state index in [1.807, 2.05) is 48.5 Å². The standard InChI is InChI=1S/C20H20N4O/c1-2-6-17-9-4-11-19(22-17)24-20(25)23-18-10-3-7-15(13-18)16-8-5-12-21-14-16/h3-5,7-14H,2,6H2,1H3,(H2,22,23,24,25). The van der Waals surface area contributed by atoms with Crippen LogP contribution in [0.3, 0.4) is 0 Å². The Hall–Kier alpha value is -3.21. The number of rotatable bonds is 5. The number of amides is 2. The van der Waals surface area contributed by atoms with Crippen molar-refractivity contribution in [2.45, 2.75) is 19.8 Å². The van der Waals surface area contributed by atoms with E-state index in [0.29, 0.717) is 11.5 Å². The number of anilines is 2. The Morgan fingerprint density at radius 1 is 1.00 bits per heavy atom. The number of carbonyl (C=O) groups excluding carboxylic acids is 1. The van der Waals surface area contributed by atoms with Crippen molar-refractivity contribution in [2.24, 2.45) is 0 Å². The summed E-state index contributed by atoms with van der Waals surface area (Å²) in [4.78, 5) is 20.8. The molecule has 5 heteroatoms. The number of nitrogens with zero attached hydrogens (tertiary/aromatic N) is 2. The molecule has 0 fully saturated rings. The summed E-state index contributed by atoms with van der Waals surface area (Å²) in [6.45, 7) is 2.10. The monoisotopic (exact) mass is 332 g/mol. The minimum absolute atomic E-state index is 0.315. The van der Waals surface area contributed by atoms with Gasteiger partial charge in [-0.05, 0) is 42.3 Å². The SMILES string of the molecule is CCCc1cccc(NC(=O)Nc2cccc(-c3cccnc3)c2)n1. The van der Waals surface area contributed by atoms with Gasteiger partial charge < -0.3 is 5.32 Å². The number of aryl methyl sites for hydroxylation is 1. The molecule has 1 aromatic carbocycles. The Kier molecular flexibility index (Phi) is 5.36. The molecule has 2 heterocycles. The molecule has 5 nitrogen and oxygen atoms in total. The van der Waals surface area contributed by atoms with Gasteiger partial charge in [-0.2, -0.15) is 0 Å². The molecule has 0 aliphatic carbocycles. The van der Waals surface area contributed by atoms with Crippen molar-refractivity contribution >= 4 is 17.5 Å². The highest BCUT2D eigenvalue weighted by Crippen LogP contribution is 2.21. The predicted molar refractivity (Wildman–Crippen MR) is 101 cm³/mol. The lowest BCUT2D eigenvalue weighted by Crippen LogP contribution is -2.20. The van der Waals surface area contributed by atoms with Crippen molar-refractivity contribution in [1.82, 2.24) is 9.97 Å². The zero-order valence-electron chi connectivity index (χ0n) is 14.1. The average Bonchev–Trinajstić information content (AvgIpc) is 2.63. The third kappa shape index (κ3) is 4.64.